The van der Waals surface area contributed by atoms with Gasteiger partial charge in [0.2, 0.25) is 11.8 Å². The Hall–Kier alpha value is -2.41. The number of carbonyl (C=O) groups is 3. The van der Waals surface area contributed by atoms with E-state index >= 15 is 0 Å². The molecule has 0 bridgehead atoms. The van der Waals surface area contributed by atoms with Gasteiger partial charge in [-0.2, -0.15) is 0 Å². The highest BCUT2D eigenvalue weighted by atomic mass is 16.2. The number of carbonyl (C=O) groups excluding carboxylic acids is 3. The van der Waals surface area contributed by atoms with E-state index in [0.717, 1.165) is 64.8 Å². The predicted molar refractivity (Wildman–Crippen MR) is 120 cm³/mol. The highest BCUT2D eigenvalue weighted by Crippen LogP contribution is 2.24. The maximum absolute atomic E-state index is 12.7. The molecule has 2 heterocycles. The standard InChI is InChI=1S/C24H34N4O3/c29-22-18-21(25-23(30)19-8-3-1-4-9-19)24(31)28(22)13-7-12-26-14-16-27(17-15-26)20-10-5-2-6-11-20/h2,5-6,10-11,19,21H,1,3-4,7-9,12-18H2,(H,25,30)/t21-/m0/s1. The molecule has 0 radical (unpaired) electrons. The fraction of sp³-hybridized carbons (Fsp3) is 0.625. The molecule has 168 valence electrons. The first-order chi connectivity index (χ1) is 15.1. The van der Waals surface area contributed by atoms with Crippen LogP contribution in [0.2, 0.25) is 0 Å². The lowest BCUT2D eigenvalue weighted by Crippen LogP contribution is -2.47. The first-order valence-corrected chi connectivity index (χ1v) is 11.8. The molecule has 1 aromatic rings. The minimum atomic E-state index is -0.670. The normalized spacial score (nSPS) is 23.4. The molecule has 0 aromatic heterocycles. The Kier molecular flexibility index (Phi) is 7.22. The van der Waals surface area contributed by atoms with Gasteiger partial charge in [-0.25, -0.2) is 0 Å². The van der Waals surface area contributed by atoms with Crippen LogP contribution >= 0.6 is 0 Å². The Morgan fingerprint density at radius 1 is 0.935 bits per heavy atom. The Labute approximate surface area is 184 Å². The van der Waals surface area contributed by atoms with Gasteiger partial charge >= 0.3 is 0 Å². The summed E-state index contributed by atoms with van der Waals surface area (Å²) in [6.45, 7) is 5.25. The third kappa shape index (κ3) is 5.45. The van der Waals surface area contributed by atoms with Gasteiger partial charge in [0.25, 0.3) is 5.91 Å². The van der Waals surface area contributed by atoms with Crippen LogP contribution in [0, 0.1) is 5.92 Å². The molecular weight excluding hydrogens is 392 g/mol. The number of benzene rings is 1. The predicted octanol–water partition coefficient (Wildman–Crippen LogP) is 2.02. The van der Waals surface area contributed by atoms with E-state index in [9.17, 15) is 14.4 Å². The van der Waals surface area contributed by atoms with Crippen molar-refractivity contribution in [2.45, 2.75) is 51.0 Å². The second-order valence-corrected chi connectivity index (χ2v) is 9.00. The van der Waals surface area contributed by atoms with E-state index in [2.05, 4.69) is 39.4 Å². The van der Waals surface area contributed by atoms with Crippen LogP contribution in [-0.4, -0.2) is 72.8 Å². The van der Waals surface area contributed by atoms with Crippen LogP contribution in [-0.2, 0) is 14.4 Å². The van der Waals surface area contributed by atoms with Crippen molar-refractivity contribution in [3.63, 3.8) is 0 Å². The van der Waals surface area contributed by atoms with E-state index in [4.69, 9.17) is 0 Å². The van der Waals surface area contributed by atoms with E-state index in [1.165, 1.54) is 17.0 Å². The number of nitrogens with zero attached hydrogens (tertiary/aromatic N) is 3. The van der Waals surface area contributed by atoms with Gasteiger partial charge in [-0.15, -0.1) is 0 Å². The van der Waals surface area contributed by atoms with Crippen LogP contribution in [0.15, 0.2) is 30.3 Å². The molecule has 1 N–H and O–H groups in total. The number of piperazine rings is 1. The van der Waals surface area contributed by atoms with E-state index in [0.29, 0.717) is 6.54 Å². The Bertz CT molecular complexity index is 770. The highest BCUT2D eigenvalue weighted by Gasteiger charge is 2.40. The van der Waals surface area contributed by atoms with Gasteiger partial charge in [-0.1, -0.05) is 37.5 Å². The lowest BCUT2D eigenvalue weighted by atomic mass is 9.88. The van der Waals surface area contributed by atoms with Gasteiger partial charge < -0.3 is 10.2 Å². The SMILES string of the molecule is O=C(N[C@H]1CC(=O)N(CCCN2CCN(c3ccccc3)CC2)C1=O)C1CCCCC1. The summed E-state index contributed by atoms with van der Waals surface area (Å²) >= 11 is 0. The average molecular weight is 427 g/mol. The van der Waals surface area contributed by atoms with Crippen LogP contribution in [0.5, 0.6) is 0 Å². The molecule has 31 heavy (non-hydrogen) atoms. The first-order valence-electron chi connectivity index (χ1n) is 11.8. The summed E-state index contributed by atoms with van der Waals surface area (Å²) in [6.07, 6.45) is 5.98. The molecule has 2 saturated heterocycles. The lowest BCUT2D eigenvalue weighted by molar-refractivity contribution is -0.140. The van der Waals surface area contributed by atoms with Crippen molar-refractivity contribution in [1.82, 2.24) is 15.1 Å². The molecule has 3 amide bonds. The van der Waals surface area contributed by atoms with Gasteiger partial charge in [0.15, 0.2) is 0 Å². The van der Waals surface area contributed by atoms with Crippen molar-refractivity contribution in [2.75, 3.05) is 44.2 Å². The second kappa shape index (κ2) is 10.3. The summed E-state index contributed by atoms with van der Waals surface area (Å²) in [4.78, 5) is 43.7. The monoisotopic (exact) mass is 426 g/mol. The Morgan fingerprint density at radius 2 is 1.65 bits per heavy atom. The summed E-state index contributed by atoms with van der Waals surface area (Å²) in [5.74, 6) is -0.444. The van der Waals surface area contributed by atoms with Crippen molar-refractivity contribution >= 4 is 23.4 Å². The first kappa shape index (κ1) is 21.8. The van der Waals surface area contributed by atoms with Crippen LogP contribution in [0.3, 0.4) is 0 Å². The van der Waals surface area contributed by atoms with Crippen LogP contribution in [0.1, 0.15) is 44.9 Å². The van der Waals surface area contributed by atoms with E-state index in [1.54, 1.807) is 0 Å². The molecule has 0 unspecified atom stereocenters. The zero-order valence-corrected chi connectivity index (χ0v) is 18.3. The molecule has 4 rings (SSSR count). The number of anilines is 1. The minimum Gasteiger partial charge on any atom is -0.369 e. The maximum atomic E-state index is 12.7. The van der Waals surface area contributed by atoms with Gasteiger partial charge in [0.1, 0.15) is 6.04 Å². The molecule has 0 spiro atoms. The molecule has 1 saturated carbocycles. The molecule has 3 aliphatic rings. The molecule has 7 nitrogen and oxygen atoms in total. The molecule has 1 atom stereocenters. The Balaban J connectivity index is 1.18. The molecule has 1 aromatic carbocycles. The van der Waals surface area contributed by atoms with Crippen molar-refractivity contribution < 1.29 is 14.4 Å². The van der Waals surface area contributed by atoms with Gasteiger partial charge in [0, 0.05) is 44.3 Å². The topological polar surface area (TPSA) is 73.0 Å². The Morgan fingerprint density at radius 3 is 2.35 bits per heavy atom. The van der Waals surface area contributed by atoms with Crippen molar-refractivity contribution in [3.8, 4) is 0 Å². The number of hydrogen-bond donors (Lipinski definition) is 1. The largest absolute Gasteiger partial charge is 0.369 e. The number of imide groups is 1. The van der Waals surface area contributed by atoms with Crippen LogP contribution in [0.4, 0.5) is 5.69 Å². The third-order valence-electron chi connectivity index (χ3n) is 6.89. The zero-order chi connectivity index (χ0) is 21.6. The van der Waals surface area contributed by atoms with Crippen LogP contribution in [0.25, 0.3) is 0 Å². The number of hydrogen-bond acceptors (Lipinski definition) is 5. The number of para-hydroxylation sites is 1. The van der Waals surface area contributed by atoms with Crippen molar-refractivity contribution in [3.05, 3.63) is 30.3 Å². The highest BCUT2D eigenvalue weighted by molar-refractivity contribution is 6.06. The lowest BCUT2D eigenvalue weighted by Gasteiger charge is -2.36. The number of amides is 3. The average Bonchev–Trinajstić information content (AvgIpc) is 3.08. The number of rotatable bonds is 7. The van der Waals surface area contributed by atoms with Crippen molar-refractivity contribution in [2.24, 2.45) is 5.92 Å². The van der Waals surface area contributed by atoms with Crippen LogP contribution < -0.4 is 10.2 Å². The van der Waals surface area contributed by atoms with E-state index in [-0.39, 0.29) is 30.1 Å². The van der Waals surface area contributed by atoms with E-state index in [1.807, 2.05) is 6.07 Å². The molecular formula is C24H34N4O3. The summed E-state index contributed by atoms with van der Waals surface area (Å²) in [5.41, 5.74) is 1.26. The van der Waals surface area contributed by atoms with Gasteiger partial charge in [0.05, 0.1) is 6.42 Å². The molecule has 3 fully saturated rings. The minimum absolute atomic E-state index is 0.000236. The quantitative estimate of drug-likeness (QED) is 0.676. The summed E-state index contributed by atoms with van der Waals surface area (Å²) < 4.78 is 0. The second-order valence-electron chi connectivity index (χ2n) is 9.00. The maximum Gasteiger partial charge on any atom is 0.252 e. The van der Waals surface area contributed by atoms with Gasteiger partial charge in [-0.05, 0) is 37.9 Å². The zero-order valence-electron chi connectivity index (χ0n) is 18.3. The molecule has 2 aliphatic heterocycles. The molecule has 1 aliphatic carbocycles. The number of nitrogens with one attached hydrogen (secondary N) is 1. The summed E-state index contributed by atoms with van der Waals surface area (Å²) in [7, 11) is 0. The molecule has 7 heteroatoms. The smallest absolute Gasteiger partial charge is 0.252 e. The summed E-state index contributed by atoms with van der Waals surface area (Å²) in [6, 6.07) is 9.78. The number of likely N-dealkylation sites (tertiary alicyclic amines) is 1. The fourth-order valence-corrected chi connectivity index (χ4v) is 5.01. The van der Waals surface area contributed by atoms with Crippen molar-refractivity contribution in [1.29, 1.82) is 0 Å². The van der Waals surface area contributed by atoms with E-state index < -0.39 is 6.04 Å². The van der Waals surface area contributed by atoms with Gasteiger partial charge in [-0.3, -0.25) is 24.2 Å². The summed E-state index contributed by atoms with van der Waals surface area (Å²) in [5, 5.41) is 2.85. The third-order valence-corrected chi connectivity index (χ3v) is 6.89. The fourth-order valence-electron chi connectivity index (χ4n) is 5.01.